The lowest BCUT2D eigenvalue weighted by atomic mass is 10.00. The summed E-state index contributed by atoms with van der Waals surface area (Å²) in [7, 11) is 0. The second-order valence-electron chi connectivity index (χ2n) is 3.76. The molecule has 2 nitrogen and oxygen atoms in total. The van der Waals surface area contributed by atoms with Gasteiger partial charge in [-0.3, -0.25) is 0 Å². The summed E-state index contributed by atoms with van der Waals surface area (Å²) in [5.74, 6) is 0.0798. The minimum atomic E-state index is 0. The van der Waals surface area contributed by atoms with Gasteiger partial charge >= 0.3 is 0 Å². The van der Waals surface area contributed by atoms with Crippen LogP contribution in [0.1, 0.15) is 31.0 Å². The summed E-state index contributed by atoms with van der Waals surface area (Å²) in [5.41, 5.74) is 8.07. The SMILES string of the molecule is CC(C#N)Cc1ccc(C(C)N)cc1.Cl. The lowest BCUT2D eigenvalue weighted by Gasteiger charge is -2.07. The van der Waals surface area contributed by atoms with E-state index in [0.717, 1.165) is 12.0 Å². The molecular weight excluding hydrogens is 208 g/mol. The summed E-state index contributed by atoms with van der Waals surface area (Å²) in [6, 6.07) is 10.5. The molecule has 0 aromatic heterocycles. The Bertz CT molecular complexity index is 324. The second-order valence-corrected chi connectivity index (χ2v) is 3.76. The van der Waals surface area contributed by atoms with Gasteiger partial charge < -0.3 is 5.73 Å². The van der Waals surface area contributed by atoms with Gasteiger partial charge in [0.25, 0.3) is 0 Å². The van der Waals surface area contributed by atoms with Crippen molar-refractivity contribution >= 4 is 12.4 Å². The van der Waals surface area contributed by atoms with E-state index in [1.807, 2.05) is 38.1 Å². The second kappa shape index (κ2) is 6.44. The zero-order valence-electron chi connectivity index (χ0n) is 9.10. The average Bonchev–Trinajstić information content (AvgIpc) is 2.18. The molecular formula is C12H17ClN2. The maximum absolute atomic E-state index is 8.67. The minimum Gasteiger partial charge on any atom is -0.324 e. The van der Waals surface area contributed by atoms with Crippen LogP contribution < -0.4 is 5.73 Å². The molecule has 2 N–H and O–H groups in total. The van der Waals surface area contributed by atoms with E-state index in [9.17, 15) is 0 Å². The number of nitriles is 1. The van der Waals surface area contributed by atoms with Crippen LogP contribution >= 0.6 is 12.4 Å². The molecule has 0 heterocycles. The molecule has 0 fully saturated rings. The molecule has 82 valence electrons. The van der Waals surface area contributed by atoms with Gasteiger partial charge in [0.2, 0.25) is 0 Å². The van der Waals surface area contributed by atoms with Crippen LogP contribution in [0.2, 0.25) is 0 Å². The van der Waals surface area contributed by atoms with Gasteiger partial charge in [0.05, 0.1) is 6.07 Å². The molecule has 0 saturated heterocycles. The predicted molar refractivity (Wildman–Crippen MR) is 64.8 cm³/mol. The highest BCUT2D eigenvalue weighted by Gasteiger charge is 2.02. The Morgan fingerprint density at radius 1 is 1.27 bits per heavy atom. The molecule has 0 aliphatic carbocycles. The maximum Gasteiger partial charge on any atom is 0.0656 e. The Morgan fingerprint density at radius 3 is 2.20 bits per heavy atom. The molecule has 1 aromatic rings. The zero-order valence-corrected chi connectivity index (χ0v) is 9.92. The smallest absolute Gasteiger partial charge is 0.0656 e. The van der Waals surface area contributed by atoms with Crippen molar-refractivity contribution in [3.05, 3.63) is 35.4 Å². The first kappa shape index (κ1) is 14.0. The summed E-state index contributed by atoms with van der Waals surface area (Å²) in [5, 5.41) is 8.67. The summed E-state index contributed by atoms with van der Waals surface area (Å²) < 4.78 is 0. The van der Waals surface area contributed by atoms with Crippen LogP contribution in [0.25, 0.3) is 0 Å². The van der Waals surface area contributed by atoms with Crippen molar-refractivity contribution in [1.29, 1.82) is 5.26 Å². The number of hydrogen-bond acceptors (Lipinski definition) is 2. The van der Waals surface area contributed by atoms with Gasteiger partial charge in [0, 0.05) is 12.0 Å². The summed E-state index contributed by atoms with van der Waals surface area (Å²) >= 11 is 0. The van der Waals surface area contributed by atoms with Crippen LogP contribution in [0, 0.1) is 17.2 Å². The van der Waals surface area contributed by atoms with Crippen LogP contribution in [-0.2, 0) is 6.42 Å². The van der Waals surface area contributed by atoms with Gasteiger partial charge in [0.15, 0.2) is 0 Å². The quantitative estimate of drug-likeness (QED) is 0.859. The third-order valence-electron chi connectivity index (χ3n) is 2.27. The van der Waals surface area contributed by atoms with Crippen LogP contribution in [-0.4, -0.2) is 0 Å². The van der Waals surface area contributed by atoms with E-state index in [4.69, 9.17) is 11.0 Å². The lowest BCUT2D eigenvalue weighted by Crippen LogP contribution is -2.05. The third kappa shape index (κ3) is 4.33. The molecule has 2 atom stereocenters. The standard InChI is InChI=1S/C12H16N2.ClH/c1-9(8-13)7-11-3-5-12(6-4-11)10(2)14;/h3-6,9-10H,7,14H2,1-2H3;1H. The first-order valence-corrected chi connectivity index (χ1v) is 4.87. The Morgan fingerprint density at radius 2 is 1.80 bits per heavy atom. The van der Waals surface area contributed by atoms with Crippen LogP contribution in [0.3, 0.4) is 0 Å². The maximum atomic E-state index is 8.67. The first-order chi connectivity index (χ1) is 6.63. The highest BCUT2D eigenvalue weighted by atomic mass is 35.5. The van der Waals surface area contributed by atoms with Crippen molar-refractivity contribution < 1.29 is 0 Å². The molecule has 0 bridgehead atoms. The Labute approximate surface area is 97.5 Å². The van der Waals surface area contributed by atoms with Crippen molar-refractivity contribution in [3.63, 3.8) is 0 Å². The summed E-state index contributed by atoms with van der Waals surface area (Å²) in [6.07, 6.45) is 0.815. The fraction of sp³-hybridized carbons (Fsp3) is 0.417. The Kier molecular flexibility index (Phi) is 6.00. The van der Waals surface area contributed by atoms with Crippen molar-refractivity contribution in [2.75, 3.05) is 0 Å². The van der Waals surface area contributed by atoms with Crippen molar-refractivity contribution in [2.24, 2.45) is 11.7 Å². The van der Waals surface area contributed by atoms with Crippen LogP contribution in [0.5, 0.6) is 0 Å². The molecule has 1 aromatic carbocycles. The fourth-order valence-electron chi connectivity index (χ4n) is 1.36. The van der Waals surface area contributed by atoms with Gasteiger partial charge in [0.1, 0.15) is 0 Å². The van der Waals surface area contributed by atoms with E-state index in [1.54, 1.807) is 0 Å². The topological polar surface area (TPSA) is 49.8 Å². The van der Waals surface area contributed by atoms with E-state index in [0.29, 0.717) is 0 Å². The molecule has 15 heavy (non-hydrogen) atoms. The first-order valence-electron chi connectivity index (χ1n) is 4.87. The number of halogens is 1. The van der Waals surface area contributed by atoms with Gasteiger partial charge in [-0.25, -0.2) is 0 Å². The fourth-order valence-corrected chi connectivity index (χ4v) is 1.36. The average molecular weight is 225 g/mol. The number of nitrogens with zero attached hydrogens (tertiary/aromatic N) is 1. The highest BCUT2D eigenvalue weighted by molar-refractivity contribution is 5.85. The molecule has 0 radical (unpaired) electrons. The van der Waals surface area contributed by atoms with E-state index >= 15 is 0 Å². The number of hydrogen-bond donors (Lipinski definition) is 1. The van der Waals surface area contributed by atoms with Gasteiger partial charge in [-0.05, 0) is 31.4 Å². The minimum absolute atomic E-state index is 0. The predicted octanol–water partition coefficient (Wildman–Crippen LogP) is 2.83. The highest BCUT2D eigenvalue weighted by Crippen LogP contribution is 2.13. The number of rotatable bonds is 3. The van der Waals surface area contributed by atoms with Crippen LogP contribution in [0.15, 0.2) is 24.3 Å². The molecule has 0 aliphatic heterocycles. The number of nitrogens with two attached hydrogens (primary N) is 1. The van der Waals surface area contributed by atoms with Crippen molar-refractivity contribution in [2.45, 2.75) is 26.3 Å². The van der Waals surface area contributed by atoms with E-state index < -0.39 is 0 Å². The van der Waals surface area contributed by atoms with Crippen molar-refractivity contribution in [1.82, 2.24) is 0 Å². The molecule has 0 aliphatic rings. The van der Waals surface area contributed by atoms with E-state index in [2.05, 4.69) is 6.07 Å². The molecule has 0 saturated carbocycles. The van der Waals surface area contributed by atoms with Gasteiger partial charge in [-0.15, -0.1) is 12.4 Å². The van der Waals surface area contributed by atoms with E-state index in [1.165, 1.54) is 5.56 Å². The Balaban J connectivity index is 0.00000196. The van der Waals surface area contributed by atoms with Crippen LogP contribution in [0.4, 0.5) is 0 Å². The largest absolute Gasteiger partial charge is 0.324 e. The molecule has 0 spiro atoms. The third-order valence-corrected chi connectivity index (χ3v) is 2.27. The molecule has 1 rings (SSSR count). The zero-order chi connectivity index (χ0) is 10.6. The Hall–Kier alpha value is -1.04. The van der Waals surface area contributed by atoms with Gasteiger partial charge in [-0.2, -0.15) is 5.26 Å². The molecule has 3 heteroatoms. The van der Waals surface area contributed by atoms with Crippen molar-refractivity contribution in [3.8, 4) is 6.07 Å². The molecule has 0 amide bonds. The lowest BCUT2D eigenvalue weighted by molar-refractivity contribution is 0.737. The molecule has 2 unspecified atom stereocenters. The van der Waals surface area contributed by atoms with E-state index in [-0.39, 0.29) is 24.4 Å². The summed E-state index contributed by atoms with van der Waals surface area (Å²) in [4.78, 5) is 0. The van der Waals surface area contributed by atoms with Gasteiger partial charge in [-0.1, -0.05) is 24.3 Å². The normalized spacial score (nSPS) is 13.5. The monoisotopic (exact) mass is 224 g/mol. The summed E-state index contributed by atoms with van der Waals surface area (Å²) in [6.45, 7) is 3.90. The number of benzene rings is 1.